The highest BCUT2D eigenvalue weighted by Crippen LogP contribution is 2.53. The van der Waals surface area contributed by atoms with Crippen LogP contribution in [-0.2, 0) is 11.8 Å². The van der Waals surface area contributed by atoms with E-state index in [1.165, 1.54) is 24.8 Å². The van der Waals surface area contributed by atoms with E-state index in [0.717, 1.165) is 17.1 Å². The first-order valence-corrected chi connectivity index (χ1v) is 9.28. The Hall–Kier alpha value is -2.50. The Morgan fingerprint density at radius 3 is 2.96 bits per heavy atom. The Bertz CT molecular complexity index is 830. The van der Waals surface area contributed by atoms with Crippen molar-refractivity contribution < 1.29 is 14.3 Å². The van der Waals surface area contributed by atoms with Gasteiger partial charge in [0.25, 0.3) is 0 Å². The van der Waals surface area contributed by atoms with Gasteiger partial charge in [0.15, 0.2) is 5.69 Å². The van der Waals surface area contributed by atoms with Crippen LogP contribution in [0.1, 0.15) is 59.9 Å². The fourth-order valence-electron chi connectivity index (χ4n) is 4.53. The first-order valence-electron chi connectivity index (χ1n) is 9.28. The molecule has 1 aliphatic carbocycles. The molecule has 1 aromatic carbocycles. The van der Waals surface area contributed by atoms with E-state index in [0.29, 0.717) is 24.1 Å². The molecule has 2 aliphatic rings. The monoisotopic (exact) mass is 355 g/mol. The number of carbonyl (C=O) groups excluding carboxylic acids is 1. The Labute approximate surface area is 153 Å². The number of rotatable bonds is 4. The summed E-state index contributed by atoms with van der Waals surface area (Å²) in [6.45, 7) is 2.16. The lowest BCUT2D eigenvalue weighted by atomic mass is 9.78. The Morgan fingerprint density at radius 1 is 1.35 bits per heavy atom. The Morgan fingerprint density at radius 2 is 2.19 bits per heavy atom. The number of esters is 1. The molecule has 6 nitrogen and oxygen atoms in total. The van der Waals surface area contributed by atoms with Crippen LogP contribution in [0, 0.1) is 5.92 Å². The maximum atomic E-state index is 12.1. The molecular formula is C20H25N3O3. The van der Waals surface area contributed by atoms with Crippen LogP contribution in [0.3, 0.4) is 0 Å². The highest BCUT2D eigenvalue weighted by Gasteiger charge is 2.41. The Balaban J connectivity index is 1.70. The number of aryl methyl sites for hydroxylation is 1. The minimum atomic E-state index is -0.363. The van der Waals surface area contributed by atoms with E-state index in [4.69, 9.17) is 9.47 Å². The van der Waals surface area contributed by atoms with Gasteiger partial charge in [-0.3, -0.25) is 4.68 Å². The van der Waals surface area contributed by atoms with Gasteiger partial charge in [-0.2, -0.15) is 5.10 Å². The van der Waals surface area contributed by atoms with Gasteiger partial charge < -0.3 is 14.8 Å². The van der Waals surface area contributed by atoms with Crippen molar-refractivity contribution in [1.82, 2.24) is 9.78 Å². The number of hydrogen-bond acceptors (Lipinski definition) is 5. The molecule has 2 aromatic rings. The molecule has 1 aliphatic heterocycles. The van der Waals surface area contributed by atoms with Crippen LogP contribution in [0.15, 0.2) is 24.3 Å². The molecule has 3 atom stereocenters. The van der Waals surface area contributed by atoms with E-state index in [1.54, 1.807) is 14.0 Å². The standard InChI is InChI=1S/C20H25N3O3/c1-4-26-20(24)17-11-18(23(2)22-17)19-14-7-5-6-13(14)15-10-12(25-3)8-9-16(15)21-19/h8-11,13-14,19,21H,4-7H2,1-3H3/t13-,14+,19-/m1/s1. The van der Waals surface area contributed by atoms with Crippen LogP contribution in [0.25, 0.3) is 0 Å². The predicted octanol–water partition coefficient (Wildman–Crippen LogP) is 3.66. The lowest BCUT2D eigenvalue weighted by Gasteiger charge is -2.37. The highest BCUT2D eigenvalue weighted by atomic mass is 16.5. The van der Waals surface area contributed by atoms with Crippen molar-refractivity contribution in [1.29, 1.82) is 0 Å². The molecule has 6 heteroatoms. The smallest absolute Gasteiger partial charge is 0.358 e. The molecule has 0 amide bonds. The average molecular weight is 355 g/mol. The second kappa shape index (κ2) is 6.67. The van der Waals surface area contributed by atoms with Gasteiger partial charge in [0.1, 0.15) is 5.75 Å². The molecule has 1 aromatic heterocycles. The number of benzene rings is 1. The molecule has 0 bridgehead atoms. The summed E-state index contributed by atoms with van der Waals surface area (Å²) in [7, 11) is 3.60. The zero-order valence-electron chi connectivity index (χ0n) is 15.5. The minimum Gasteiger partial charge on any atom is -0.497 e. The number of anilines is 1. The molecule has 26 heavy (non-hydrogen) atoms. The maximum Gasteiger partial charge on any atom is 0.358 e. The predicted molar refractivity (Wildman–Crippen MR) is 98.6 cm³/mol. The van der Waals surface area contributed by atoms with Crippen LogP contribution in [0.4, 0.5) is 5.69 Å². The summed E-state index contributed by atoms with van der Waals surface area (Å²) < 4.78 is 12.3. The second-order valence-corrected chi connectivity index (χ2v) is 7.07. The lowest BCUT2D eigenvalue weighted by molar-refractivity contribution is 0.0518. The van der Waals surface area contributed by atoms with Gasteiger partial charge >= 0.3 is 5.97 Å². The molecule has 0 unspecified atom stereocenters. The molecule has 4 rings (SSSR count). The molecule has 1 saturated carbocycles. The highest BCUT2D eigenvalue weighted by molar-refractivity contribution is 5.87. The van der Waals surface area contributed by atoms with Crippen molar-refractivity contribution >= 4 is 11.7 Å². The van der Waals surface area contributed by atoms with Crippen molar-refractivity contribution in [3.8, 4) is 5.75 Å². The van der Waals surface area contributed by atoms with Crippen LogP contribution in [0.5, 0.6) is 5.75 Å². The van der Waals surface area contributed by atoms with Gasteiger partial charge in [0.2, 0.25) is 0 Å². The maximum absolute atomic E-state index is 12.1. The third kappa shape index (κ3) is 2.73. The molecular weight excluding hydrogens is 330 g/mol. The third-order valence-electron chi connectivity index (χ3n) is 5.69. The number of nitrogens with one attached hydrogen (secondary N) is 1. The summed E-state index contributed by atoms with van der Waals surface area (Å²) in [6, 6.07) is 8.27. The van der Waals surface area contributed by atoms with E-state index in [1.807, 2.05) is 23.9 Å². The van der Waals surface area contributed by atoms with E-state index in [-0.39, 0.29) is 12.0 Å². The first-order chi connectivity index (χ1) is 12.6. The molecule has 1 N–H and O–H groups in total. The fraction of sp³-hybridized carbons (Fsp3) is 0.500. The summed E-state index contributed by atoms with van der Waals surface area (Å²) in [4.78, 5) is 12.1. The molecule has 138 valence electrons. The first kappa shape index (κ1) is 16.9. The van der Waals surface area contributed by atoms with Crippen molar-refractivity contribution in [3.63, 3.8) is 0 Å². The topological polar surface area (TPSA) is 65.4 Å². The molecule has 2 heterocycles. The van der Waals surface area contributed by atoms with Crippen LogP contribution >= 0.6 is 0 Å². The lowest BCUT2D eigenvalue weighted by Crippen LogP contribution is -2.30. The second-order valence-electron chi connectivity index (χ2n) is 7.07. The number of hydrogen-bond donors (Lipinski definition) is 1. The SMILES string of the molecule is CCOC(=O)c1cc([C@@H]2Nc3ccc(OC)cc3[C@@H]3CCC[C@@H]32)n(C)n1. The van der Waals surface area contributed by atoms with Crippen molar-refractivity contribution in [2.24, 2.45) is 13.0 Å². The molecule has 0 spiro atoms. The van der Waals surface area contributed by atoms with Crippen LogP contribution < -0.4 is 10.1 Å². The van der Waals surface area contributed by atoms with Gasteiger partial charge in [-0.05, 0) is 61.4 Å². The molecule has 0 radical (unpaired) electrons. The minimum absolute atomic E-state index is 0.143. The zero-order chi connectivity index (χ0) is 18.3. The molecule has 0 saturated heterocycles. The quantitative estimate of drug-likeness (QED) is 0.848. The van der Waals surface area contributed by atoms with Gasteiger partial charge in [0, 0.05) is 12.7 Å². The fourth-order valence-corrected chi connectivity index (χ4v) is 4.53. The number of aromatic nitrogens is 2. The van der Waals surface area contributed by atoms with Crippen LogP contribution in [-0.4, -0.2) is 29.5 Å². The summed E-state index contributed by atoms with van der Waals surface area (Å²) in [6.07, 6.45) is 3.57. The number of fused-ring (bicyclic) bond motifs is 3. The van der Waals surface area contributed by atoms with Gasteiger partial charge in [-0.25, -0.2) is 4.79 Å². The van der Waals surface area contributed by atoms with Gasteiger partial charge in [-0.15, -0.1) is 0 Å². The van der Waals surface area contributed by atoms with Crippen molar-refractivity contribution in [2.45, 2.75) is 38.1 Å². The van der Waals surface area contributed by atoms with Gasteiger partial charge in [-0.1, -0.05) is 6.42 Å². The largest absolute Gasteiger partial charge is 0.497 e. The van der Waals surface area contributed by atoms with Crippen molar-refractivity contribution in [2.75, 3.05) is 19.0 Å². The van der Waals surface area contributed by atoms with E-state index < -0.39 is 0 Å². The normalized spacial score (nSPS) is 23.7. The summed E-state index contributed by atoms with van der Waals surface area (Å²) in [5.74, 6) is 1.53. The van der Waals surface area contributed by atoms with E-state index >= 15 is 0 Å². The summed E-state index contributed by atoms with van der Waals surface area (Å²) in [5.41, 5.74) is 3.90. The summed E-state index contributed by atoms with van der Waals surface area (Å²) in [5, 5.41) is 8.08. The molecule has 1 fully saturated rings. The number of ether oxygens (including phenoxy) is 2. The number of methoxy groups -OCH3 is 1. The van der Waals surface area contributed by atoms with E-state index in [9.17, 15) is 4.79 Å². The average Bonchev–Trinajstić information content (AvgIpc) is 3.28. The third-order valence-corrected chi connectivity index (χ3v) is 5.69. The number of carbonyl (C=O) groups is 1. The van der Waals surface area contributed by atoms with Crippen molar-refractivity contribution in [3.05, 3.63) is 41.2 Å². The summed E-state index contributed by atoms with van der Waals surface area (Å²) >= 11 is 0. The Kier molecular flexibility index (Phi) is 4.34. The van der Waals surface area contributed by atoms with Crippen LogP contribution in [0.2, 0.25) is 0 Å². The van der Waals surface area contributed by atoms with Gasteiger partial charge in [0.05, 0.1) is 25.5 Å². The number of nitrogens with zero attached hydrogens (tertiary/aromatic N) is 2. The van der Waals surface area contributed by atoms with E-state index in [2.05, 4.69) is 22.5 Å². The zero-order valence-corrected chi connectivity index (χ0v) is 15.5.